The molecule has 2 aromatic rings. The summed E-state index contributed by atoms with van der Waals surface area (Å²) in [7, 11) is 0. The van der Waals surface area contributed by atoms with Crippen LogP contribution in [-0.2, 0) is 0 Å². The predicted octanol–water partition coefficient (Wildman–Crippen LogP) is -0.180. The molecule has 0 fully saturated rings. The third kappa shape index (κ3) is 1.03. The summed E-state index contributed by atoms with van der Waals surface area (Å²) in [4.78, 5) is 14.5. The van der Waals surface area contributed by atoms with Crippen LogP contribution in [0.3, 0.4) is 0 Å². The maximum Gasteiger partial charge on any atom is 0.339 e. The largest absolute Gasteiger partial charge is 0.478 e. The Morgan fingerprint density at radius 3 is 2.86 bits per heavy atom. The molecule has 0 unspecified atom stereocenters. The molecule has 0 aliphatic heterocycles. The van der Waals surface area contributed by atoms with Crippen LogP contribution in [0.1, 0.15) is 10.4 Å². The molecule has 6 N–H and O–H groups in total. The van der Waals surface area contributed by atoms with Crippen molar-refractivity contribution >= 4 is 28.6 Å². The number of nitrogens with two attached hydrogens (primary N) is 2. The molecule has 0 bridgehead atoms. The Balaban J connectivity index is 2.80. The minimum Gasteiger partial charge on any atom is -0.478 e. The number of hydrogen-bond acceptors (Lipinski definition) is 5. The van der Waals surface area contributed by atoms with Crippen molar-refractivity contribution in [1.29, 1.82) is 0 Å². The Morgan fingerprint density at radius 1 is 1.50 bits per heavy atom. The fourth-order valence-corrected chi connectivity index (χ4v) is 1.15. The zero-order valence-electron chi connectivity index (χ0n) is 6.98. The van der Waals surface area contributed by atoms with Crippen molar-refractivity contribution in [3.63, 3.8) is 0 Å². The fraction of sp³-hybridized carbons (Fsp3) is 0. The number of nitrogens with one attached hydrogen (secondary N) is 1. The quantitative estimate of drug-likeness (QED) is 0.496. The molecule has 72 valence electrons. The highest BCUT2D eigenvalue weighted by Crippen LogP contribution is 2.20. The first-order chi connectivity index (χ1) is 6.59. The van der Waals surface area contributed by atoms with Crippen LogP contribution in [0, 0.1) is 0 Å². The summed E-state index contributed by atoms with van der Waals surface area (Å²) >= 11 is 0. The van der Waals surface area contributed by atoms with Gasteiger partial charge in [0.05, 0.1) is 5.39 Å². The van der Waals surface area contributed by atoms with Crippen molar-refractivity contribution in [3.05, 3.63) is 11.6 Å². The van der Waals surface area contributed by atoms with Gasteiger partial charge in [-0.3, -0.25) is 5.10 Å². The summed E-state index contributed by atoms with van der Waals surface area (Å²) in [6.07, 6.45) is 0. The topological polar surface area (TPSA) is 131 Å². The van der Waals surface area contributed by atoms with Gasteiger partial charge in [-0.25, -0.2) is 9.78 Å². The minimum atomic E-state index is -1.14. The van der Waals surface area contributed by atoms with Gasteiger partial charge in [0.15, 0.2) is 5.65 Å². The van der Waals surface area contributed by atoms with Crippen LogP contribution in [0.5, 0.6) is 0 Å². The molecule has 7 nitrogen and oxygen atoms in total. The first-order valence-corrected chi connectivity index (χ1v) is 3.73. The average molecular weight is 193 g/mol. The lowest BCUT2D eigenvalue weighted by Gasteiger charge is -1.98. The molecule has 0 atom stereocenters. The molecule has 2 rings (SSSR count). The second-order valence-corrected chi connectivity index (χ2v) is 2.73. The number of rotatable bonds is 1. The summed E-state index contributed by atoms with van der Waals surface area (Å²) in [6.45, 7) is 0. The average Bonchev–Trinajstić information content (AvgIpc) is 2.46. The van der Waals surface area contributed by atoms with Gasteiger partial charge in [0, 0.05) is 0 Å². The van der Waals surface area contributed by atoms with Gasteiger partial charge < -0.3 is 16.6 Å². The second kappa shape index (κ2) is 2.59. The Morgan fingerprint density at radius 2 is 2.21 bits per heavy atom. The van der Waals surface area contributed by atoms with E-state index in [4.69, 9.17) is 16.6 Å². The second-order valence-electron chi connectivity index (χ2n) is 2.73. The molecule has 0 saturated heterocycles. The van der Waals surface area contributed by atoms with Crippen LogP contribution in [0.15, 0.2) is 6.07 Å². The van der Waals surface area contributed by atoms with Gasteiger partial charge in [-0.1, -0.05) is 0 Å². The van der Waals surface area contributed by atoms with E-state index < -0.39 is 5.97 Å². The normalized spacial score (nSPS) is 10.6. The molecule has 0 aromatic carbocycles. The number of nitrogen functional groups attached to an aromatic ring is 2. The van der Waals surface area contributed by atoms with Gasteiger partial charge in [0.25, 0.3) is 0 Å². The molecule has 2 aromatic heterocycles. The highest BCUT2D eigenvalue weighted by molar-refractivity contribution is 5.99. The Hall–Kier alpha value is -2.31. The van der Waals surface area contributed by atoms with Crippen molar-refractivity contribution in [1.82, 2.24) is 15.2 Å². The van der Waals surface area contributed by atoms with E-state index in [1.807, 2.05) is 0 Å². The zero-order valence-corrected chi connectivity index (χ0v) is 6.98. The number of aromatic amines is 1. The van der Waals surface area contributed by atoms with Gasteiger partial charge >= 0.3 is 5.97 Å². The Labute approximate surface area is 77.7 Å². The highest BCUT2D eigenvalue weighted by Gasteiger charge is 2.13. The van der Waals surface area contributed by atoms with Crippen LogP contribution in [0.2, 0.25) is 0 Å². The lowest BCUT2D eigenvalue weighted by molar-refractivity contribution is 0.0698. The van der Waals surface area contributed by atoms with E-state index in [0.29, 0.717) is 11.0 Å². The number of nitrogens with zero attached hydrogens (tertiary/aromatic N) is 2. The fourth-order valence-electron chi connectivity index (χ4n) is 1.15. The number of pyridine rings is 1. The van der Waals surface area contributed by atoms with E-state index in [1.165, 1.54) is 6.07 Å². The summed E-state index contributed by atoms with van der Waals surface area (Å²) in [5.41, 5.74) is 11.1. The van der Waals surface area contributed by atoms with Crippen LogP contribution >= 0.6 is 0 Å². The number of aromatic carboxylic acids is 1. The summed E-state index contributed by atoms with van der Waals surface area (Å²) < 4.78 is 0. The predicted molar refractivity (Wildman–Crippen MR) is 49.7 cm³/mol. The zero-order chi connectivity index (χ0) is 10.3. The first-order valence-electron chi connectivity index (χ1n) is 3.73. The van der Waals surface area contributed by atoms with Gasteiger partial charge in [-0.15, -0.1) is 0 Å². The molecule has 0 radical (unpaired) electrons. The maximum atomic E-state index is 10.7. The van der Waals surface area contributed by atoms with Gasteiger partial charge in [-0.2, -0.15) is 5.10 Å². The van der Waals surface area contributed by atoms with Gasteiger partial charge in [0.2, 0.25) is 0 Å². The number of hydrogen-bond donors (Lipinski definition) is 4. The molecule has 2 heterocycles. The van der Waals surface area contributed by atoms with Crippen molar-refractivity contribution in [2.45, 2.75) is 0 Å². The number of fused-ring (bicyclic) bond motifs is 1. The molecule has 14 heavy (non-hydrogen) atoms. The third-order valence-corrected chi connectivity index (χ3v) is 1.83. The highest BCUT2D eigenvalue weighted by atomic mass is 16.4. The molecule has 7 heteroatoms. The van der Waals surface area contributed by atoms with Crippen LogP contribution in [-0.4, -0.2) is 26.3 Å². The van der Waals surface area contributed by atoms with Crippen molar-refractivity contribution in [3.8, 4) is 0 Å². The number of aromatic nitrogens is 3. The number of anilines is 2. The Kier molecular flexibility index (Phi) is 1.53. The van der Waals surface area contributed by atoms with Gasteiger partial charge in [-0.05, 0) is 6.07 Å². The van der Waals surface area contributed by atoms with E-state index in [0.717, 1.165) is 0 Å². The summed E-state index contributed by atoms with van der Waals surface area (Å²) in [6, 6.07) is 1.35. The van der Waals surface area contributed by atoms with E-state index >= 15 is 0 Å². The number of carboxylic acids is 1. The lowest BCUT2D eigenvalue weighted by Crippen LogP contribution is -2.04. The molecule has 0 spiro atoms. The van der Waals surface area contributed by atoms with Crippen LogP contribution in [0.4, 0.5) is 11.6 Å². The maximum absolute atomic E-state index is 10.7. The number of H-pyrrole nitrogens is 1. The number of carbonyl (C=O) groups is 1. The van der Waals surface area contributed by atoms with Gasteiger partial charge in [0.1, 0.15) is 17.2 Å². The van der Waals surface area contributed by atoms with E-state index in [1.54, 1.807) is 0 Å². The lowest BCUT2D eigenvalue weighted by atomic mass is 10.2. The Bertz CT molecular complexity index is 518. The summed E-state index contributed by atoms with van der Waals surface area (Å²) in [5.74, 6) is -0.941. The summed E-state index contributed by atoms with van der Waals surface area (Å²) in [5, 5.41) is 15.4. The molecule has 0 saturated carbocycles. The van der Waals surface area contributed by atoms with E-state index in [-0.39, 0.29) is 17.2 Å². The van der Waals surface area contributed by atoms with Crippen LogP contribution < -0.4 is 11.5 Å². The molecule has 0 aliphatic rings. The first kappa shape index (κ1) is 8.30. The standard InChI is InChI=1S/C7H7N5O2/c8-4-3(7(13)14)1-2-5(9)11-12-6(2)10-4/h1H,(H,13,14)(H5,8,9,10,11,12). The van der Waals surface area contributed by atoms with E-state index in [9.17, 15) is 4.79 Å². The van der Waals surface area contributed by atoms with Crippen molar-refractivity contribution in [2.24, 2.45) is 0 Å². The number of carboxylic acid groups (broad SMARTS) is 1. The third-order valence-electron chi connectivity index (χ3n) is 1.83. The minimum absolute atomic E-state index is 0.0727. The van der Waals surface area contributed by atoms with Crippen molar-refractivity contribution < 1.29 is 9.90 Å². The molecule has 0 aliphatic carbocycles. The van der Waals surface area contributed by atoms with Crippen LogP contribution in [0.25, 0.3) is 11.0 Å². The van der Waals surface area contributed by atoms with Crippen molar-refractivity contribution in [2.75, 3.05) is 11.5 Å². The smallest absolute Gasteiger partial charge is 0.339 e. The molecular formula is C7H7N5O2. The SMILES string of the molecule is Nc1nc2n[nH]c(N)c2cc1C(=O)O. The van der Waals surface area contributed by atoms with E-state index in [2.05, 4.69) is 15.2 Å². The molecular weight excluding hydrogens is 186 g/mol. The molecule has 0 amide bonds. The monoisotopic (exact) mass is 193 g/mol.